The Labute approximate surface area is 139 Å². The average Bonchev–Trinajstić information content (AvgIpc) is 2.68. The van der Waals surface area contributed by atoms with Gasteiger partial charge in [0.1, 0.15) is 17.7 Å². The number of hydrogen-bond donors (Lipinski definition) is 2. The molecule has 132 valence electrons. The average molecular weight is 340 g/mol. The second-order valence-electron chi connectivity index (χ2n) is 5.98. The normalized spacial score (nSPS) is 19.6. The highest BCUT2D eigenvalue weighted by Crippen LogP contribution is 2.23. The van der Waals surface area contributed by atoms with Gasteiger partial charge in [0, 0.05) is 31.7 Å². The third kappa shape index (κ3) is 4.12. The van der Waals surface area contributed by atoms with Crippen LogP contribution < -0.4 is 16.0 Å². The van der Waals surface area contributed by atoms with E-state index in [1.165, 1.54) is 12.1 Å². The predicted molar refractivity (Wildman–Crippen MR) is 86.5 cm³/mol. The Balaban J connectivity index is 2.09. The maximum atomic E-state index is 14.0. The molecule has 8 heteroatoms. The van der Waals surface area contributed by atoms with Crippen LogP contribution in [0.3, 0.4) is 0 Å². The topological polar surface area (TPSA) is 78.7 Å². The molecule has 2 unspecified atom stereocenters. The van der Waals surface area contributed by atoms with Gasteiger partial charge in [0.2, 0.25) is 5.91 Å². The number of anilines is 1. The summed E-state index contributed by atoms with van der Waals surface area (Å²) in [6, 6.07) is 1.93. The molecule has 0 bridgehead atoms. The summed E-state index contributed by atoms with van der Waals surface area (Å²) in [4.78, 5) is 26.8. The zero-order valence-electron chi connectivity index (χ0n) is 13.8. The molecule has 1 aliphatic heterocycles. The summed E-state index contributed by atoms with van der Waals surface area (Å²) in [6.45, 7) is 4.82. The number of hydrogen-bond acceptors (Lipinski definition) is 3. The Morgan fingerprint density at radius 1 is 1.29 bits per heavy atom. The van der Waals surface area contributed by atoms with Gasteiger partial charge in [0.15, 0.2) is 0 Å². The van der Waals surface area contributed by atoms with Crippen LogP contribution in [-0.2, 0) is 4.79 Å². The molecule has 3 amide bonds. The predicted octanol–water partition coefficient (Wildman–Crippen LogP) is 1.45. The van der Waals surface area contributed by atoms with Crippen LogP contribution in [0.2, 0.25) is 0 Å². The van der Waals surface area contributed by atoms with Crippen molar-refractivity contribution in [3.05, 3.63) is 29.8 Å². The van der Waals surface area contributed by atoms with E-state index < -0.39 is 23.7 Å². The van der Waals surface area contributed by atoms with Crippen molar-refractivity contribution in [3.63, 3.8) is 0 Å². The van der Waals surface area contributed by atoms with E-state index >= 15 is 0 Å². The van der Waals surface area contributed by atoms with Gasteiger partial charge in [-0.25, -0.2) is 13.6 Å². The number of urea groups is 1. The van der Waals surface area contributed by atoms with Crippen molar-refractivity contribution in [2.45, 2.75) is 32.4 Å². The minimum absolute atomic E-state index is 0.0665. The first kappa shape index (κ1) is 18.0. The minimum atomic E-state index is -0.756. The lowest BCUT2D eigenvalue weighted by atomic mass is 10.1. The molecule has 0 saturated carbocycles. The number of carbonyl (C=O) groups is 2. The van der Waals surface area contributed by atoms with Crippen molar-refractivity contribution in [2.75, 3.05) is 24.5 Å². The first-order chi connectivity index (χ1) is 11.3. The number of amides is 3. The van der Waals surface area contributed by atoms with Gasteiger partial charge in [-0.2, -0.15) is 0 Å². The second-order valence-corrected chi connectivity index (χ2v) is 5.98. The van der Waals surface area contributed by atoms with Gasteiger partial charge in [-0.15, -0.1) is 0 Å². The Morgan fingerprint density at radius 3 is 2.62 bits per heavy atom. The molecule has 0 radical (unpaired) electrons. The molecule has 1 heterocycles. The lowest BCUT2D eigenvalue weighted by Gasteiger charge is -2.29. The summed E-state index contributed by atoms with van der Waals surface area (Å²) in [5.74, 6) is -1.48. The molecular weight excluding hydrogens is 318 g/mol. The molecular formula is C16H22F2N4O2. The van der Waals surface area contributed by atoms with Crippen molar-refractivity contribution in [3.8, 4) is 0 Å². The van der Waals surface area contributed by atoms with Crippen LogP contribution in [0, 0.1) is 11.6 Å². The van der Waals surface area contributed by atoms with Crippen LogP contribution >= 0.6 is 0 Å². The molecule has 6 nitrogen and oxygen atoms in total. The van der Waals surface area contributed by atoms with Crippen molar-refractivity contribution < 1.29 is 18.4 Å². The smallest absolute Gasteiger partial charge is 0.312 e. The molecule has 3 N–H and O–H groups in total. The van der Waals surface area contributed by atoms with Crippen LogP contribution in [0.4, 0.5) is 19.3 Å². The quantitative estimate of drug-likeness (QED) is 0.874. The van der Waals surface area contributed by atoms with Crippen molar-refractivity contribution >= 4 is 17.6 Å². The lowest BCUT2D eigenvalue weighted by molar-refractivity contribution is -0.134. The summed E-state index contributed by atoms with van der Waals surface area (Å²) in [6.07, 6.45) is 0.631. The number of primary amides is 1. The number of halogens is 2. The first-order valence-electron chi connectivity index (χ1n) is 7.86. The number of nitrogens with one attached hydrogen (secondary N) is 1. The van der Waals surface area contributed by atoms with Crippen LogP contribution in [-0.4, -0.2) is 48.6 Å². The van der Waals surface area contributed by atoms with Crippen LogP contribution in [0.1, 0.15) is 20.3 Å². The van der Waals surface area contributed by atoms with Crippen molar-refractivity contribution in [1.82, 2.24) is 10.2 Å². The van der Waals surface area contributed by atoms with E-state index in [0.29, 0.717) is 31.7 Å². The molecule has 1 aliphatic rings. The van der Waals surface area contributed by atoms with Gasteiger partial charge in [0.25, 0.3) is 0 Å². The number of carbonyl (C=O) groups excluding carboxylic acids is 2. The zero-order valence-corrected chi connectivity index (χ0v) is 13.8. The van der Waals surface area contributed by atoms with E-state index in [1.54, 1.807) is 16.7 Å². The van der Waals surface area contributed by atoms with E-state index in [9.17, 15) is 18.4 Å². The molecule has 2 rings (SSSR count). The van der Waals surface area contributed by atoms with E-state index in [2.05, 4.69) is 5.32 Å². The Kier molecular flexibility index (Phi) is 5.58. The molecule has 1 saturated heterocycles. The SMILES string of the molecule is CC(NC(N)=O)C(=O)N1CCN(c2ccc(F)cc2F)CCC1C. The fourth-order valence-electron chi connectivity index (χ4n) is 2.89. The van der Waals surface area contributed by atoms with Gasteiger partial charge in [-0.1, -0.05) is 0 Å². The summed E-state index contributed by atoms with van der Waals surface area (Å²) in [5.41, 5.74) is 5.37. The van der Waals surface area contributed by atoms with Crippen LogP contribution in [0.25, 0.3) is 0 Å². The monoisotopic (exact) mass is 340 g/mol. The summed E-state index contributed by atoms with van der Waals surface area (Å²) < 4.78 is 27.0. The lowest BCUT2D eigenvalue weighted by Crippen LogP contribution is -2.51. The Morgan fingerprint density at radius 2 is 2.00 bits per heavy atom. The minimum Gasteiger partial charge on any atom is -0.367 e. The molecule has 0 spiro atoms. The molecule has 1 aromatic carbocycles. The third-order valence-corrected chi connectivity index (χ3v) is 4.22. The number of nitrogens with two attached hydrogens (primary N) is 1. The fourth-order valence-corrected chi connectivity index (χ4v) is 2.89. The number of nitrogens with zero attached hydrogens (tertiary/aromatic N) is 2. The standard InChI is InChI=1S/C16H22F2N4O2/c1-10-5-6-21(14-4-3-12(17)9-13(14)18)7-8-22(10)15(23)11(2)20-16(19)24/h3-4,9-11H,5-8H2,1-2H3,(H3,19,20,24). The largest absolute Gasteiger partial charge is 0.367 e. The molecule has 1 fully saturated rings. The molecule has 0 aromatic heterocycles. The first-order valence-corrected chi connectivity index (χ1v) is 7.86. The third-order valence-electron chi connectivity index (χ3n) is 4.22. The molecule has 24 heavy (non-hydrogen) atoms. The summed E-state index contributed by atoms with van der Waals surface area (Å²) in [5, 5.41) is 2.37. The zero-order chi connectivity index (χ0) is 17.9. The van der Waals surface area contributed by atoms with Gasteiger partial charge in [-0.05, 0) is 32.4 Å². The van der Waals surface area contributed by atoms with E-state index in [0.717, 1.165) is 6.07 Å². The van der Waals surface area contributed by atoms with Crippen molar-refractivity contribution in [2.24, 2.45) is 5.73 Å². The van der Waals surface area contributed by atoms with Gasteiger partial charge in [-0.3, -0.25) is 4.79 Å². The maximum absolute atomic E-state index is 14.0. The van der Waals surface area contributed by atoms with Gasteiger partial charge >= 0.3 is 6.03 Å². The van der Waals surface area contributed by atoms with Crippen molar-refractivity contribution in [1.29, 1.82) is 0 Å². The number of rotatable bonds is 3. The fraction of sp³-hybridized carbons (Fsp3) is 0.500. The maximum Gasteiger partial charge on any atom is 0.312 e. The van der Waals surface area contributed by atoms with Crippen LogP contribution in [0.5, 0.6) is 0 Å². The highest BCUT2D eigenvalue weighted by Gasteiger charge is 2.29. The molecule has 1 aromatic rings. The van der Waals surface area contributed by atoms with E-state index in [-0.39, 0.29) is 11.9 Å². The number of benzene rings is 1. The summed E-state index contributed by atoms with van der Waals surface area (Å²) >= 11 is 0. The Hall–Kier alpha value is -2.38. The molecule has 2 atom stereocenters. The Bertz CT molecular complexity index is 626. The highest BCUT2D eigenvalue weighted by molar-refractivity contribution is 5.86. The van der Waals surface area contributed by atoms with E-state index in [1.807, 2.05) is 6.92 Å². The van der Waals surface area contributed by atoms with Gasteiger partial charge in [0.05, 0.1) is 5.69 Å². The van der Waals surface area contributed by atoms with E-state index in [4.69, 9.17) is 5.73 Å². The second kappa shape index (κ2) is 7.46. The highest BCUT2D eigenvalue weighted by atomic mass is 19.1. The van der Waals surface area contributed by atoms with Gasteiger partial charge < -0.3 is 20.9 Å². The molecule has 0 aliphatic carbocycles. The van der Waals surface area contributed by atoms with Crippen LogP contribution in [0.15, 0.2) is 18.2 Å². The summed E-state index contributed by atoms with van der Waals surface area (Å²) in [7, 11) is 0.